The van der Waals surface area contributed by atoms with Gasteiger partial charge in [0.1, 0.15) is 0 Å². The van der Waals surface area contributed by atoms with Gasteiger partial charge in [-0.2, -0.15) is 0 Å². The molecule has 20 nitrogen and oxygen atoms in total. The van der Waals surface area contributed by atoms with E-state index in [9.17, 15) is 44.4 Å². The van der Waals surface area contributed by atoms with Crippen molar-refractivity contribution in [3.63, 3.8) is 0 Å². The molecule has 331 valence electrons. The van der Waals surface area contributed by atoms with Gasteiger partial charge in [0, 0.05) is 110 Å². The molecular formula is C37H61N7O13SY. The minimum atomic E-state index is -1.08. The second-order valence-corrected chi connectivity index (χ2v) is 13.8. The number of benzene rings is 1. The molecule has 1 unspecified atom stereocenters. The molecule has 1 saturated heterocycles. The number of anilines is 1. The Morgan fingerprint density at radius 2 is 1.10 bits per heavy atom. The number of carboxylic acid groups (broad SMARTS) is 4. The van der Waals surface area contributed by atoms with E-state index in [0.717, 1.165) is 5.56 Å². The van der Waals surface area contributed by atoms with Crippen LogP contribution in [0.5, 0.6) is 0 Å². The normalized spacial score (nSPS) is 16.2. The number of aliphatic carboxylic acids is 4. The van der Waals surface area contributed by atoms with Crippen molar-refractivity contribution in [3.8, 4) is 0 Å². The van der Waals surface area contributed by atoms with Crippen LogP contribution in [0.25, 0.3) is 0 Å². The zero-order chi connectivity index (χ0) is 42.5. The summed E-state index contributed by atoms with van der Waals surface area (Å²) in [7, 11) is 0. The smallest absolute Gasteiger partial charge is 0.317 e. The quantitative estimate of drug-likeness (QED) is 0.0414. The van der Waals surface area contributed by atoms with Crippen LogP contribution in [-0.2, 0) is 82.1 Å². The number of hydrogen-bond acceptors (Lipinski definition) is 14. The first-order valence-corrected chi connectivity index (χ1v) is 19.7. The van der Waals surface area contributed by atoms with Crippen molar-refractivity contribution in [1.82, 2.24) is 30.2 Å². The molecule has 0 aliphatic carbocycles. The number of carbonyl (C=O) groups excluding carboxylic acids is 1. The van der Waals surface area contributed by atoms with Crippen molar-refractivity contribution in [2.45, 2.75) is 25.8 Å². The van der Waals surface area contributed by atoms with Gasteiger partial charge in [0.25, 0.3) is 0 Å². The van der Waals surface area contributed by atoms with E-state index >= 15 is 0 Å². The average molecular weight is 933 g/mol. The van der Waals surface area contributed by atoms with Crippen molar-refractivity contribution < 1.29 is 96.1 Å². The predicted octanol–water partition coefficient (Wildman–Crippen LogP) is -0.966. The van der Waals surface area contributed by atoms with Gasteiger partial charge >= 0.3 is 23.9 Å². The molecule has 1 fully saturated rings. The van der Waals surface area contributed by atoms with Gasteiger partial charge in [-0.1, -0.05) is 12.1 Å². The Hall–Kier alpha value is -2.96. The maximum Gasteiger partial charge on any atom is 0.317 e. The molecule has 0 spiro atoms. The van der Waals surface area contributed by atoms with Crippen LogP contribution in [0.15, 0.2) is 24.3 Å². The van der Waals surface area contributed by atoms with Gasteiger partial charge in [-0.15, -0.1) is 0 Å². The summed E-state index contributed by atoms with van der Waals surface area (Å²) in [4.78, 5) is 65.1. The Morgan fingerprint density at radius 1 is 0.644 bits per heavy atom. The molecule has 0 bridgehead atoms. The third kappa shape index (κ3) is 27.5. The number of nitrogens with zero attached hydrogens (tertiary/aromatic N) is 4. The maximum atomic E-state index is 12.0. The summed E-state index contributed by atoms with van der Waals surface area (Å²) in [5, 5.41) is 47.8. The second-order valence-electron chi connectivity index (χ2n) is 13.4. The molecule has 1 atom stereocenters. The average Bonchev–Trinajstić information content (AvgIpc) is 3.15. The van der Waals surface area contributed by atoms with E-state index in [-0.39, 0.29) is 111 Å². The molecule has 2 rings (SSSR count). The van der Waals surface area contributed by atoms with Gasteiger partial charge in [0.2, 0.25) is 5.91 Å². The number of hydrogen-bond donors (Lipinski definition) is 7. The fraction of sp³-hybridized carbons (Fsp3) is 0.676. The Bertz CT molecular complexity index is 1400. The van der Waals surface area contributed by atoms with E-state index in [1.54, 1.807) is 19.6 Å². The molecule has 1 aliphatic heterocycles. The topological polar surface area (TPSA) is 252 Å². The van der Waals surface area contributed by atoms with Crippen molar-refractivity contribution in [3.05, 3.63) is 29.8 Å². The number of carboxylic acids is 4. The number of rotatable bonds is 27. The predicted molar refractivity (Wildman–Crippen MR) is 216 cm³/mol. The van der Waals surface area contributed by atoms with Gasteiger partial charge in [-0.05, 0) is 43.3 Å². The van der Waals surface area contributed by atoms with Gasteiger partial charge in [-0.25, -0.2) is 0 Å². The fourth-order valence-electron chi connectivity index (χ4n) is 5.98. The van der Waals surface area contributed by atoms with Crippen LogP contribution in [0.1, 0.15) is 18.9 Å². The van der Waals surface area contributed by atoms with Crippen LogP contribution in [0.4, 0.5) is 5.69 Å². The van der Waals surface area contributed by atoms with Crippen LogP contribution in [-0.4, -0.2) is 219 Å². The number of amides is 1. The maximum absolute atomic E-state index is 12.0. The van der Waals surface area contributed by atoms with Gasteiger partial charge in [0.05, 0.1) is 79.0 Å². The number of nitrogens with one attached hydrogen (secondary N) is 3. The standard InChI is InChI=1S/C37H61N7O13S.Y/c1-2-38-32(45)7-15-54-17-19-56-21-22-57-20-18-55-16-8-39-37(58)40-30-5-3-29(4-6-30)23-31-24-43(27-35(50)51)12-11-41(25-33(46)47)9-10-42(26-34(48)49)13-14-44(31)28-36(52)53;/h3-6,31H,2,7-28H2,1H3,(H,38,45)(H,46,47)(H,48,49)(H,50,51)(H,52,53)(H2,39,40,58);. The first kappa shape index (κ1) is 54.1. The molecule has 1 aliphatic rings. The van der Waals surface area contributed by atoms with Crippen LogP contribution < -0.4 is 16.0 Å². The molecule has 1 amide bonds. The second kappa shape index (κ2) is 32.8. The van der Waals surface area contributed by atoms with Gasteiger partial charge < -0.3 is 55.3 Å². The zero-order valence-electron chi connectivity index (χ0n) is 33.9. The van der Waals surface area contributed by atoms with Crippen molar-refractivity contribution in [1.29, 1.82) is 0 Å². The van der Waals surface area contributed by atoms with Crippen molar-refractivity contribution >= 4 is 52.8 Å². The van der Waals surface area contributed by atoms with E-state index in [1.807, 2.05) is 31.2 Å². The zero-order valence-corrected chi connectivity index (χ0v) is 37.5. The monoisotopic (exact) mass is 932 g/mol. The summed E-state index contributed by atoms with van der Waals surface area (Å²) < 4.78 is 21.9. The molecule has 0 aromatic heterocycles. The third-order valence-corrected chi connectivity index (χ3v) is 8.99. The molecular weight excluding hydrogens is 871 g/mol. The molecule has 59 heavy (non-hydrogen) atoms. The summed E-state index contributed by atoms with van der Waals surface area (Å²) in [6, 6.07) is 6.91. The first-order valence-electron chi connectivity index (χ1n) is 19.3. The van der Waals surface area contributed by atoms with E-state index in [1.165, 1.54) is 0 Å². The number of ether oxygens (including phenoxy) is 4. The largest absolute Gasteiger partial charge is 0.480 e. The van der Waals surface area contributed by atoms with E-state index < -0.39 is 29.9 Å². The van der Waals surface area contributed by atoms with Crippen LogP contribution >= 0.6 is 12.2 Å². The Balaban J connectivity index is 0.0000174. The number of carbonyl (C=O) groups is 5. The van der Waals surface area contributed by atoms with E-state index in [4.69, 9.17) is 31.2 Å². The van der Waals surface area contributed by atoms with Crippen molar-refractivity contribution in [2.75, 3.05) is 143 Å². The summed E-state index contributed by atoms with van der Waals surface area (Å²) in [6.07, 6.45) is 0.682. The minimum absolute atomic E-state index is 0. The Kier molecular flexibility index (Phi) is 30.0. The fourth-order valence-corrected chi connectivity index (χ4v) is 6.20. The van der Waals surface area contributed by atoms with Crippen molar-refractivity contribution in [2.24, 2.45) is 0 Å². The molecule has 1 heterocycles. The molecule has 1 aromatic rings. The van der Waals surface area contributed by atoms with E-state index in [0.29, 0.717) is 89.6 Å². The minimum Gasteiger partial charge on any atom is -0.480 e. The Morgan fingerprint density at radius 3 is 1.61 bits per heavy atom. The molecule has 0 saturated carbocycles. The third-order valence-electron chi connectivity index (χ3n) is 8.75. The molecule has 22 heteroatoms. The summed E-state index contributed by atoms with van der Waals surface area (Å²) in [6.45, 7) is 6.34. The van der Waals surface area contributed by atoms with Crippen LogP contribution in [0.3, 0.4) is 0 Å². The van der Waals surface area contributed by atoms with Gasteiger partial charge in [-0.3, -0.25) is 43.6 Å². The van der Waals surface area contributed by atoms with E-state index in [2.05, 4.69) is 16.0 Å². The molecule has 1 aromatic carbocycles. The first-order chi connectivity index (χ1) is 27.8. The summed E-state index contributed by atoms with van der Waals surface area (Å²) in [5.74, 6) is -4.30. The van der Waals surface area contributed by atoms with Crippen LogP contribution in [0.2, 0.25) is 0 Å². The Labute approximate surface area is 376 Å². The summed E-state index contributed by atoms with van der Waals surface area (Å²) >= 11 is 5.42. The van der Waals surface area contributed by atoms with Crippen LogP contribution in [0, 0.1) is 0 Å². The van der Waals surface area contributed by atoms with Gasteiger partial charge in [0.15, 0.2) is 5.11 Å². The molecule has 7 N–H and O–H groups in total. The molecule has 1 radical (unpaired) electrons. The summed E-state index contributed by atoms with van der Waals surface area (Å²) in [5.41, 5.74) is 1.56. The number of thiocarbonyl (C=S) groups is 1. The SMILES string of the molecule is CCNC(=O)CCOCCOCCOCCOCCNC(=S)Nc1ccc(CC2CN(CC(=O)O)CCN(CC(=O)O)CCN(CC(=O)O)CCN2CC(=O)O)cc1.[Y].